The lowest BCUT2D eigenvalue weighted by Crippen LogP contribution is -2.21. The lowest BCUT2D eigenvalue weighted by molar-refractivity contribution is 0.0675. The maximum atomic E-state index is 12.4. The van der Waals surface area contributed by atoms with Crippen molar-refractivity contribution in [3.8, 4) is 17.2 Å². The first-order chi connectivity index (χ1) is 69.3. The maximum absolute atomic E-state index is 12.4. The monoisotopic (exact) mass is 2220 g/mol. The van der Waals surface area contributed by atoms with E-state index in [1.807, 2.05) is 167 Å². The first-order valence-electron chi connectivity index (χ1n) is 44.1. The Bertz CT molecular complexity index is 8200. The van der Waals surface area contributed by atoms with E-state index in [0.29, 0.717) is 98.5 Å². The number of rotatable bonds is 25. The molecule has 18 aromatic rings. The molecule has 4 aromatic heterocycles. The molecule has 0 saturated carbocycles. The van der Waals surface area contributed by atoms with Crippen LogP contribution in [0, 0.1) is 11.3 Å². The van der Waals surface area contributed by atoms with Crippen molar-refractivity contribution in [1.29, 1.82) is 5.26 Å². The smallest absolute Gasteiger partial charge is 0.352 e. The molecule has 34 heteroatoms. The maximum Gasteiger partial charge on any atom is 0.352 e. The van der Waals surface area contributed by atoms with Gasteiger partial charge in [0, 0.05) is 166 Å². The van der Waals surface area contributed by atoms with Gasteiger partial charge in [0.1, 0.15) is 22.8 Å². The second-order valence-corrected chi connectivity index (χ2v) is 42.5. The predicted molar refractivity (Wildman–Crippen MR) is 588 cm³/mol. The third-order valence-corrected chi connectivity index (χ3v) is 31.2. The van der Waals surface area contributed by atoms with Crippen LogP contribution in [-0.2, 0) is 26.2 Å². The molecular weight excluding hydrogens is 2140 g/mol. The highest BCUT2D eigenvalue weighted by molar-refractivity contribution is 9.10. The molecule has 4 heterocycles. The van der Waals surface area contributed by atoms with Gasteiger partial charge in [0.15, 0.2) is 0 Å². The van der Waals surface area contributed by atoms with Gasteiger partial charge in [-0.2, -0.15) is 5.26 Å². The molecule has 0 radical (unpaired) electrons. The van der Waals surface area contributed by atoms with E-state index in [1.54, 1.807) is 199 Å². The van der Waals surface area contributed by atoms with Crippen molar-refractivity contribution in [2.75, 3.05) is 56.4 Å². The van der Waals surface area contributed by atoms with Crippen LogP contribution in [0.1, 0.15) is 111 Å². The molecule has 0 spiro atoms. The van der Waals surface area contributed by atoms with Gasteiger partial charge in [-0.25, -0.2) is 19.2 Å². The van der Waals surface area contributed by atoms with E-state index in [9.17, 15) is 64.0 Å². The summed E-state index contributed by atoms with van der Waals surface area (Å²) in [7, 11) is 13.6. The van der Waals surface area contributed by atoms with Gasteiger partial charge in [-0.3, -0.25) is 19.2 Å². The fourth-order valence-electron chi connectivity index (χ4n) is 16.1. The Morgan fingerprint density at radius 2 is 0.628 bits per heavy atom. The highest BCUT2D eigenvalue weighted by atomic mass is 79.9. The highest BCUT2D eigenvalue weighted by Crippen LogP contribution is 2.46. The zero-order chi connectivity index (χ0) is 104. The molecule has 0 saturated heterocycles. The highest BCUT2D eigenvalue weighted by Gasteiger charge is 2.27. The van der Waals surface area contributed by atoms with Crippen LogP contribution in [-0.4, -0.2) is 162 Å². The minimum Gasteiger partial charge on any atom is -0.477 e. The van der Waals surface area contributed by atoms with Crippen molar-refractivity contribution in [2.24, 2.45) is 0 Å². The predicted octanol–water partition coefficient (Wildman–Crippen LogP) is 29.6. The summed E-state index contributed by atoms with van der Waals surface area (Å²) in [6.45, 7) is 1.27. The van der Waals surface area contributed by atoms with Gasteiger partial charge in [-0.1, -0.05) is 249 Å². The number of benzene rings is 14. The van der Waals surface area contributed by atoms with Crippen molar-refractivity contribution in [3.63, 3.8) is 0 Å². The molecular formula is C111H84BrCl8N9O12S4. The molecule has 21 nitrogen and oxygen atoms in total. The Hall–Kier alpha value is -13.1. The largest absolute Gasteiger partial charge is 0.477 e. The molecule has 18 rings (SSSR count). The van der Waals surface area contributed by atoms with E-state index in [0.717, 1.165) is 120 Å². The van der Waals surface area contributed by atoms with Gasteiger partial charge in [0.2, 0.25) is 0 Å². The van der Waals surface area contributed by atoms with Gasteiger partial charge in [-0.05, 0) is 242 Å². The molecule has 14 aromatic carbocycles. The summed E-state index contributed by atoms with van der Waals surface area (Å²) >= 11 is 58.8. The summed E-state index contributed by atoms with van der Waals surface area (Å²) in [5.74, 6) is -4.49. The lowest BCUT2D eigenvalue weighted by atomic mass is 10.0. The molecule has 0 aliphatic rings. The number of amides is 4. The summed E-state index contributed by atoms with van der Waals surface area (Å²) < 4.78 is 7.84. The number of aromatic nitrogens is 4. The average molecular weight is 2230 g/mol. The number of hydrogen-bond donors (Lipinski definition) is 4. The normalized spacial score (nSPS) is 11.1. The fraction of sp³-hybridized carbons (Fsp3) is 0.108. The average Bonchev–Trinajstić information content (AvgIpc) is 1.61. The molecule has 4 N–H and O–H groups in total. The second-order valence-electron chi connectivity index (χ2n) is 33.9. The van der Waals surface area contributed by atoms with Gasteiger partial charge < -0.3 is 58.3 Å². The Labute approximate surface area is 899 Å². The molecule has 145 heavy (non-hydrogen) atoms. The summed E-state index contributed by atoms with van der Waals surface area (Å²) in [4.78, 5) is 111. The van der Waals surface area contributed by atoms with E-state index in [4.69, 9.17) is 92.8 Å². The third kappa shape index (κ3) is 24.7. The van der Waals surface area contributed by atoms with Crippen molar-refractivity contribution in [2.45, 2.75) is 65.3 Å². The van der Waals surface area contributed by atoms with Crippen LogP contribution in [0.25, 0.3) is 65.5 Å². The van der Waals surface area contributed by atoms with Gasteiger partial charge in [0.05, 0.1) is 78.4 Å². The zero-order valence-electron chi connectivity index (χ0n) is 78.2. The number of carboxylic acids is 4. The topological polar surface area (TPSA) is 274 Å². The first-order valence-corrected chi connectivity index (χ1v) is 51.2. The van der Waals surface area contributed by atoms with Gasteiger partial charge >= 0.3 is 23.9 Å². The van der Waals surface area contributed by atoms with Gasteiger partial charge in [-0.15, -0.1) is 0 Å². The fourth-order valence-corrected chi connectivity index (χ4v) is 22.2. The standard InChI is InChI=1S/C31H24Cl2N2O3S.C29H22Cl2N2O3S.C26H19Cl2N3O3S.C25H19BrCl2N2O3S/c1-34(2)30(36)21-10-8-19(9-11-21)18-35-28-16-23(39-22-12-13-26(32)27(33)15-22)14-24(20-6-4-3-5-7-20)25(28)17-29(35)31(37)38;1-32(2)28(34)18-9-7-17(8-10-18)16-33-25-15-27(37-19-11-12-23(30)24(31)13-19)21-6-4-3-5-20(21)22(25)14-26(33)29(35)36;1-30(2)25(32)16-5-3-15(4-6-16)14-31-23-11-19(35-18-7-8-21(27)22(28)10-18)9-17(13-29)20(23)12-24(31)26(33)34;1-29(2)24(31)15-5-3-14(4-6-15)13-30-20(25(32)33)11-16-7-10-21(22(26)23(16)30)34-17-8-9-18(27)19(28)12-17/h3-17H,18H2,1-2H3,(H,37,38);3-15H,16H2,1-2H3,(H,35,36);3-12H,14H2,1-2H3,(H,33,34);3-12H,13H2,1-2H3,(H,32,33). The van der Waals surface area contributed by atoms with E-state index in [-0.39, 0.29) is 52.9 Å². The zero-order valence-corrected chi connectivity index (χ0v) is 89.1. The van der Waals surface area contributed by atoms with Crippen LogP contribution in [0.2, 0.25) is 40.2 Å². The number of nitriles is 1. The van der Waals surface area contributed by atoms with Crippen molar-refractivity contribution in [1.82, 2.24) is 37.9 Å². The molecule has 732 valence electrons. The molecule has 0 bridgehead atoms. The number of nitrogens with zero attached hydrogens (tertiary/aromatic N) is 9. The molecule has 0 atom stereocenters. The Morgan fingerprint density at radius 1 is 0.303 bits per heavy atom. The van der Waals surface area contributed by atoms with Crippen LogP contribution >= 0.6 is 156 Å². The summed E-state index contributed by atoms with van der Waals surface area (Å²) in [6, 6.07) is 90.7. The molecule has 0 fully saturated rings. The summed E-state index contributed by atoms with van der Waals surface area (Å²) in [5.41, 5.74) is 11.7. The van der Waals surface area contributed by atoms with Crippen molar-refractivity contribution < 1.29 is 58.8 Å². The van der Waals surface area contributed by atoms with Gasteiger partial charge in [0.25, 0.3) is 23.6 Å². The number of hydrogen-bond acceptors (Lipinski definition) is 13. The Balaban J connectivity index is 0.000000145. The Morgan fingerprint density at radius 3 is 1.00 bits per heavy atom. The number of halogens is 9. The number of carbonyl (C=O) groups excluding carboxylic acids is 4. The number of carboxylic acid groups (broad SMARTS) is 4. The van der Waals surface area contributed by atoms with E-state index < -0.39 is 23.9 Å². The first kappa shape index (κ1) is 106. The summed E-state index contributed by atoms with van der Waals surface area (Å²) in [6.07, 6.45) is 0. The van der Waals surface area contributed by atoms with Crippen LogP contribution in [0.3, 0.4) is 0 Å². The number of aromatic carboxylic acids is 4. The number of fused-ring (bicyclic) bond motifs is 6. The van der Waals surface area contributed by atoms with Crippen LogP contribution in [0.4, 0.5) is 0 Å². The molecule has 0 aliphatic carbocycles. The van der Waals surface area contributed by atoms with Crippen LogP contribution in [0.5, 0.6) is 0 Å². The minimum atomic E-state index is -1.09. The lowest BCUT2D eigenvalue weighted by Gasteiger charge is -2.13. The van der Waals surface area contributed by atoms with E-state index in [2.05, 4.69) is 28.1 Å². The Kier molecular flexibility index (Phi) is 34.1. The van der Waals surface area contributed by atoms with E-state index >= 15 is 0 Å². The van der Waals surface area contributed by atoms with Crippen molar-refractivity contribution >= 4 is 258 Å². The molecule has 0 unspecified atom stereocenters. The molecule has 4 amide bonds. The minimum absolute atomic E-state index is 0.0710. The third-order valence-electron chi connectivity index (χ3n) is 23.2. The summed E-state index contributed by atoms with van der Waals surface area (Å²) in [5, 5.41) is 58.5. The van der Waals surface area contributed by atoms with Crippen LogP contribution in [0.15, 0.2) is 335 Å². The second kappa shape index (κ2) is 46.6. The molecule has 0 aliphatic heterocycles. The van der Waals surface area contributed by atoms with Crippen LogP contribution < -0.4 is 0 Å². The van der Waals surface area contributed by atoms with E-state index in [1.165, 1.54) is 61.0 Å². The quantitative estimate of drug-likeness (QED) is 0.0414. The SMILES string of the molecule is CN(C)C(=O)c1ccc(Cn2c(C(=O)O)cc3c(-c4ccccc4)cc(Sc4ccc(Cl)c(Cl)c4)cc32)cc1.CN(C)C(=O)c1ccc(Cn2c(C(=O)O)cc3c(C#N)cc(Sc4ccc(Cl)c(Cl)c4)cc32)cc1.CN(C)C(=O)c1ccc(Cn2c(C(=O)O)cc3c4ccccc4c(Sc4ccc(Cl)c(Cl)c4)cc32)cc1.CN(C)C(=O)c1ccc(Cn2c(C(=O)O)cc3ccc(Sc4ccc(Cl)c(Cl)c4)c(Br)c32)cc1. The number of carbonyl (C=O) groups is 8. The van der Waals surface area contributed by atoms with Crippen molar-refractivity contribution in [3.05, 3.63) is 409 Å².